The third kappa shape index (κ3) is 2.22. The second-order valence-electron chi connectivity index (χ2n) is 4.00. The van der Waals surface area contributed by atoms with E-state index in [1.54, 1.807) is 37.4 Å². The van der Waals surface area contributed by atoms with Crippen LogP contribution in [0.25, 0.3) is 0 Å². The molecule has 1 amide bonds. The Morgan fingerprint density at radius 1 is 1.39 bits per heavy atom. The van der Waals surface area contributed by atoms with Crippen LogP contribution in [0.1, 0.15) is 23.0 Å². The molecule has 1 aromatic carbocycles. The lowest BCUT2D eigenvalue weighted by atomic mass is 10.2. The highest BCUT2D eigenvalue weighted by atomic mass is 16.3. The predicted molar refractivity (Wildman–Crippen MR) is 68.9 cm³/mol. The van der Waals surface area contributed by atoms with Gasteiger partial charge in [0.25, 0.3) is 5.91 Å². The summed E-state index contributed by atoms with van der Waals surface area (Å²) in [7, 11) is 1.67. The van der Waals surface area contributed by atoms with E-state index in [0.717, 1.165) is 0 Å². The van der Waals surface area contributed by atoms with Crippen molar-refractivity contribution in [3.05, 3.63) is 47.9 Å². The van der Waals surface area contributed by atoms with Crippen LogP contribution in [-0.4, -0.2) is 18.1 Å². The van der Waals surface area contributed by atoms with Crippen LogP contribution in [0.4, 0.5) is 5.69 Å². The molecule has 1 heterocycles. The van der Waals surface area contributed by atoms with E-state index in [1.165, 1.54) is 11.2 Å². The molecule has 0 saturated heterocycles. The van der Waals surface area contributed by atoms with E-state index in [-0.39, 0.29) is 11.7 Å². The van der Waals surface area contributed by atoms with Gasteiger partial charge >= 0.3 is 0 Å². The van der Waals surface area contributed by atoms with Gasteiger partial charge in [-0.05, 0) is 18.2 Å². The maximum Gasteiger partial charge on any atom is 0.261 e. The van der Waals surface area contributed by atoms with E-state index in [9.17, 15) is 9.90 Å². The highest BCUT2D eigenvalue weighted by Crippen LogP contribution is 2.22. The second-order valence-corrected chi connectivity index (χ2v) is 4.00. The van der Waals surface area contributed by atoms with Gasteiger partial charge in [0, 0.05) is 25.2 Å². The van der Waals surface area contributed by atoms with Crippen molar-refractivity contribution in [3.63, 3.8) is 0 Å². The quantitative estimate of drug-likeness (QED) is 0.904. The normalized spacial score (nSPS) is 10.3. The Morgan fingerprint density at radius 3 is 2.83 bits per heavy atom. The summed E-state index contributed by atoms with van der Waals surface area (Å²) in [4.78, 5) is 13.8. The topological polar surface area (TPSA) is 53.7 Å². The summed E-state index contributed by atoms with van der Waals surface area (Å²) in [6.07, 6.45) is 2.18. The van der Waals surface area contributed by atoms with E-state index in [1.807, 2.05) is 6.92 Å². The molecule has 1 aromatic heterocycles. The van der Waals surface area contributed by atoms with Gasteiger partial charge in [-0.15, -0.1) is 0 Å². The van der Waals surface area contributed by atoms with Crippen LogP contribution < -0.4 is 4.90 Å². The molecule has 4 nitrogen and oxygen atoms in total. The van der Waals surface area contributed by atoms with Crippen molar-refractivity contribution in [1.29, 1.82) is 0 Å². The molecule has 94 valence electrons. The van der Waals surface area contributed by atoms with Crippen molar-refractivity contribution in [3.8, 4) is 5.75 Å². The van der Waals surface area contributed by atoms with Gasteiger partial charge in [-0.2, -0.15) is 0 Å². The number of carbonyl (C=O) groups excluding carboxylic acids is 1. The summed E-state index contributed by atoms with van der Waals surface area (Å²) in [5, 5.41) is 9.42. The Hall–Kier alpha value is -2.23. The number of benzene rings is 1. The van der Waals surface area contributed by atoms with Crippen LogP contribution in [-0.2, 0) is 6.42 Å². The van der Waals surface area contributed by atoms with Gasteiger partial charge in [-0.25, -0.2) is 0 Å². The Labute approximate surface area is 105 Å². The largest absolute Gasteiger partial charge is 0.508 e. The molecule has 0 saturated carbocycles. The third-order valence-corrected chi connectivity index (χ3v) is 2.82. The lowest BCUT2D eigenvalue weighted by molar-refractivity contribution is 0.0991. The molecule has 0 spiro atoms. The number of phenolic OH excluding ortho intramolecular Hbond substituents is 1. The summed E-state index contributed by atoms with van der Waals surface area (Å²) in [5.74, 6) is 0.660. The molecule has 0 fully saturated rings. The zero-order chi connectivity index (χ0) is 13.1. The minimum atomic E-state index is -0.147. The fourth-order valence-corrected chi connectivity index (χ4v) is 1.80. The highest BCUT2D eigenvalue weighted by molar-refractivity contribution is 6.06. The van der Waals surface area contributed by atoms with Crippen LogP contribution in [0.3, 0.4) is 0 Å². The molecule has 18 heavy (non-hydrogen) atoms. The van der Waals surface area contributed by atoms with Gasteiger partial charge in [0.2, 0.25) is 0 Å². The Morgan fingerprint density at radius 2 is 2.17 bits per heavy atom. The smallest absolute Gasteiger partial charge is 0.261 e. The Bertz CT molecular complexity index is 560. The maximum absolute atomic E-state index is 12.3. The first kappa shape index (κ1) is 12.2. The molecule has 0 bridgehead atoms. The van der Waals surface area contributed by atoms with Crippen LogP contribution in [0.5, 0.6) is 5.75 Å². The van der Waals surface area contributed by atoms with Crippen LogP contribution >= 0.6 is 0 Å². The average Bonchev–Trinajstić information content (AvgIpc) is 2.85. The highest BCUT2D eigenvalue weighted by Gasteiger charge is 2.18. The summed E-state index contributed by atoms with van der Waals surface area (Å²) >= 11 is 0. The van der Waals surface area contributed by atoms with Crippen molar-refractivity contribution in [1.82, 2.24) is 0 Å². The first-order valence-corrected chi connectivity index (χ1v) is 5.77. The van der Waals surface area contributed by atoms with Gasteiger partial charge in [-0.3, -0.25) is 4.79 Å². The lowest BCUT2D eigenvalue weighted by Gasteiger charge is -2.17. The maximum atomic E-state index is 12.3. The molecule has 0 atom stereocenters. The molecule has 4 heteroatoms. The molecular weight excluding hydrogens is 230 g/mol. The predicted octanol–water partition coefficient (Wildman–Crippen LogP) is 2.82. The Balaban J connectivity index is 2.29. The molecule has 0 aliphatic heterocycles. The number of aromatic hydroxyl groups is 1. The van der Waals surface area contributed by atoms with Crippen LogP contribution in [0.2, 0.25) is 0 Å². The summed E-state index contributed by atoms with van der Waals surface area (Å²) in [5.41, 5.74) is 1.20. The van der Waals surface area contributed by atoms with Crippen LogP contribution in [0.15, 0.2) is 41.0 Å². The summed E-state index contributed by atoms with van der Waals surface area (Å²) in [6, 6.07) is 8.25. The third-order valence-electron chi connectivity index (χ3n) is 2.82. The lowest BCUT2D eigenvalue weighted by Crippen LogP contribution is -2.26. The van der Waals surface area contributed by atoms with Crippen molar-refractivity contribution < 1.29 is 14.3 Å². The molecule has 2 aromatic rings. The molecule has 0 aliphatic rings. The number of anilines is 1. The number of amides is 1. The first-order chi connectivity index (χ1) is 8.63. The van der Waals surface area contributed by atoms with Crippen molar-refractivity contribution in [2.24, 2.45) is 0 Å². The minimum Gasteiger partial charge on any atom is -0.508 e. The number of phenols is 1. The van der Waals surface area contributed by atoms with Crippen molar-refractivity contribution in [2.75, 3.05) is 11.9 Å². The zero-order valence-corrected chi connectivity index (χ0v) is 10.4. The van der Waals surface area contributed by atoms with Gasteiger partial charge in [0.05, 0.1) is 11.8 Å². The van der Waals surface area contributed by atoms with E-state index in [4.69, 9.17) is 4.42 Å². The number of nitrogens with zero attached hydrogens (tertiary/aromatic N) is 1. The summed E-state index contributed by atoms with van der Waals surface area (Å²) in [6.45, 7) is 1.93. The number of hydrogen-bond acceptors (Lipinski definition) is 3. The average molecular weight is 245 g/mol. The fraction of sp³-hybridized carbons (Fsp3) is 0.214. The zero-order valence-electron chi connectivity index (χ0n) is 10.4. The van der Waals surface area contributed by atoms with Gasteiger partial charge in [0.15, 0.2) is 0 Å². The van der Waals surface area contributed by atoms with E-state index < -0.39 is 0 Å². The molecular formula is C14H15NO3. The standard InChI is InChI=1S/C14H15NO3/c1-3-13-12(7-8-18-13)14(17)15(2)10-5-4-6-11(16)9-10/h4-9,16H,3H2,1-2H3. The van der Waals surface area contributed by atoms with Crippen molar-refractivity contribution in [2.45, 2.75) is 13.3 Å². The fourth-order valence-electron chi connectivity index (χ4n) is 1.80. The first-order valence-electron chi connectivity index (χ1n) is 5.77. The minimum absolute atomic E-state index is 0.134. The number of furan rings is 1. The number of carbonyl (C=O) groups is 1. The van der Waals surface area contributed by atoms with Gasteiger partial charge in [0.1, 0.15) is 11.5 Å². The molecule has 2 rings (SSSR count). The van der Waals surface area contributed by atoms with Gasteiger partial charge in [-0.1, -0.05) is 13.0 Å². The molecule has 0 radical (unpaired) electrons. The van der Waals surface area contributed by atoms with E-state index >= 15 is 0 Å². The monoisotopic (exact) mass is 245 g/mol. The summed E-state index contributed by atoms with van der Waals surface area (Å²) < 4.78 is 5.25. The SMILES string of the molecule is CCc1occc1C(=O)N(C)c1cccc(O)c1. The van der Waals surface area contributed by atoms with Gasteiger partial charge < -0.3 is 14.4 Å². The van der Waals surface area contributed by atoms with Crippen LogP contribution in [0, 0.1) is 0 Å². The molecule has 0 aliphatic carbocycles. The number of hydrogen-bond donors (Lipinski definition) is 1. The molecule has 1 N–H and O–H groups in total. The van der Waals surface area contributed by atoms with E-state index in [2.05, 4.69) is 0 Å². The van der Waals surface area contributed by atoms with E-state index in [0.29, 0.717) is 23.4 Å². The number of aryl methyl sites for hydroxylation is 1. The molecule has 0 unspecified atom stereocenters. The second kappa shape index (κ2) is 4.96. The van der Waals surface area contributed by atoms with Crippen molar-refractivity contribution >= 4 is 11.6 Å². The number of rotatable bonds is 3. The Kier molecular flexibility index (Phi) is 3.37.